The second-order valence-electron chi connectivity index (χ2n) is 9.79. The summed E-state index contributed by atoms with van der Waals surface area (Å²) in [5, 5.41) is 12.8. The first-order valence-corrected chi connectivity index (χ1v) is 13.6. The molecule has 2 fully saturated rings. The zero-order valence-corrected chi connectivity index (χ0v) is 21.0. The van der Waals surface area contributed by atoms with E-state index in [9.17, 15) is 19.6 Å². The molecule has 5 heterocycles. The summed E-state index contributed by atoms with van der Waals surface area (Å²) in [5.41, 5.74) is 2.74. The summed E-state index contributed by atoms with van der Waals surface area (Å²) < 4.78 is 5.74. The highest BCUT2D eigenvalue weighted by Crippen LogP contribution is 2.37. The Labute approximate surface area is 218 Å². The molecule has 0 aromatic carbocycles. The Kier molecular flexibility index (Phi) is 6.30. The van der Waals surface area contributed by atoms with Crippen molar-refractivity contribution in [3.05, 3.63) is 41.3 Å². The largest absolute Gasteiger partial charge is 0.444 e. The lowest BCUT2D eigenvalue weighted by Crippen LogP contribution is -2.48. The van der Waals surface area contributed by atoms with Gasteiger partial charge < -0.3 is 15.0 Å². The first kappa shape index (κ1) is 23.9. The predicted octanol–water partition coefficient (Wildman–Crippen LogP) is 2.38. The highest BCUT2D eigenvalue weighted by atomic mass is 32.2. The van der Waals surface area contributed by atoms with Crippen molar-refractivity contribution < 1.29 is 19.1 Å². The van der Waals surface area contributed by atoms with Gasteiger partial charge >= 0.3 is 6.09 Å². The van der Waals surface area contributed by atoms with Gasteiger partial charge in [0.1, 0.15) is 23.8 Å². The summed E-state index contributed by atoms with van der Waals surface area (Å²) >= 11 is 1.49. The molecule has 190 valence electrons. The third kappa shape index (κ3) is 4.55. The van der Waals surface area contributed by atoms with Crippen molar-refractivity contribution in [3.8, 4) is 6.07 Å². The van der Waals surface area contributed by atoms with Crippen molar-refractivity contribution in [2.75, 3.05) is 28.6 Å². The van der Waals surface area contributed by atoms with Crippen LogP contribution in [0.15, 0.2) is 29.3 Å². The number of hydrogen-bond donors (Lipinski definition) is 1. The number of nitriles is 1. The Morgan fingerprint density at radius 3 is 2.95 bits per heavy atom. The molecular formula is C26H26N6O4S. The monoisotopic (exact) mass is 518 g/mol. The van der Waals surface area contributed by atoms with Crippen LogP contribution in [0.5, 0.6) is 0 Å². The van der Waals surface area contributed by atoms with E-state index in [2.05, 4.69) is 21.4 Å². The second-order valence-corrected chi connectivity index (χ2v) is 10.8. The van der Waals surface area contributed by atoms with E-state index in [1.54, 1.807) is 22.1 Å². The SMILES string of the molecule is N#Cc1cnc2c(c1)N(CCN[C@H]1CC[C@H]3[C@H](C1)OC(=O)N3c1ccc3c(n1)CC(=O)CS3)C(=O)CC2. The van der Waals surface area contributed by atoms with E-state index in [1.807, 2.05) is 12.1 Å². The van der Waals surface area contributed by atoms with Crippen LogP contribution < -0.4 is 15.1 Å². The van der Waals surface area contributed by atoms with Gasteiger partial charge in [-0.15, -0.1) is 11.8 Å². The number of thioether (sulfide) groups is 1. The number of fused-ring (bicyclic) bond motifs is 3. The van der Waals surface area contributed by atoms with Gasteiger partial charge in [-0.3, -0.25) is 19.5 Å². The van der Waals surface area contributed by atoms with Crippen molar-refractivity contribution in [2.45, 2.75) is 61.6 Å². The van der Waals surface area contributed by atoms with Crippen molar-refractivity contribution in [1.29, 1.82) is 5.26 Å². The topological polar surface area (TPSA) is 129 Å². The summed E-state index contributed by atoms with van der Waals surface area (Å²) in [6.45, 7) is 1.06. The zero-order chi connectivity index (χ0) is 25.5. The Morgan fingerprint density at radius 1 is 1.19 bits per heavy atom. The summed E-state index contributed by atoms with van der Waals surface area (Å²) in [7, 11) is 0. The van der Waals surface area contributed by atoms with Gasteiger partial charge in [-0.2, -0.15) is 5.26 Å². The number of aromatic nitrogens is 2. The Hall–Kier alpha value is -3.49. The lowest BCUT2D eigenvalue weighted by Gasteiger charge is -2.34. The van der Waals surface area contributed by atoms with Crippen LogP contribution in [0, 0.1) is 11.3 Å². The lowest BCUT2D eigenvalue weighted by molar-refractivity contribution is -0.119. The molecule has 37 heavy (non-hydrogen) atoms. The number of nitrogens with one attached hydrogen (secondary N) is 1. The molecule has 3 aliphatic heterocycles. The number of ether oxygens (including phenoxy) is 1. The molecule has 10 nitrogen and oxygen atoms in total. The smallest absolute Gasteiger partial charge is 0.416 e. The van der Waals surface area contributed by atoms with Gasteiger partial charge in [-0.25, -0.2) is 9.78 Å². The number of carbonyl (C=O) groups is 3. The van der Waals surface area contributed by atoms with E-state index in [4.69, 9.17) is 4.74 Å². The number of amides is 2. The molecule has 6 rings (SSSR count). The number of aryl methyl sites for hydroxylation is 1. The number of carbonyl (C=O) groups excluding carboxylic acids is 3. The Morgan fingerprint density at radius 2 is 2.08 bits per heavy atom. The van der Waals surface area contributed by atoms with Crippen LogP contribution in [0.25, 0.3) is 0 Å². The maximum atomic E-state index is 12.8. The van der Waals surface area contributed by atoms with Crippen LogP contribution in [-0.4, -0.2) is 64.8 Å². The normalized spacial score (nSPS) is 24.7. The maximum absolute atomic E-state index is 12.8. The van der Waals surface area contributed by atoms with Gasteiger partial charge in [0.15, 0.2) is 0 Å². The number of pyridine rings is 2. The van der Waals surface area contributed by atoms with Gasteiger partial charge in [-0.1, -0.05) is 0 Å². The van der Waals surface area contributed by atoms with Gasteiger partial charge in [0.2, 0.25) is 5.91 Å². The van der Waals surface area contributed by atoms with E-state index >= 15 is 0 Å². The third-order valence-electron chi connectivity index (χ3n) is 7.47. The standard InChI is InChI=1S/C26H26N6O4S/c27-12-15-9-21-18(29-13-15)2-6-25(34)31(21)8-7-28-16-1-3-20-22(10-16)36-26(35)32(20)24-5-4-23-19(30-24)11-17(33)14-37-23/h4-5,9,13,16,20,22,28H,1-3,6-8,10-11,14H2/t16-,20-,22-/m0/s1. The van der Waals surface area contributed by atoms with Crippen LogP contribution in [0.3, 0.4) is 0 Å². The Balaban J connectivity index is 1.08. The predicted molar refractivity (Wildman–Crippen MR) is 135 cm³/mol. The quantitative estimate of drug-likeness (QED) is 0.634. The van der Waals surface area contributed by atoms with E-state index in [0.717, 1.165) is 34.8 Å². The van der Waals surface area contributed by atoms with Gasteiger partial charge in [-0.05, 0) is 31.0 Å². The molecule has 0 spiro atoms. The van der Waals surface area contributed by atoms with Crippen molar-refractivity contribution in [2.24, 2.45) is 0 Å². The van der Waals surface area contributed by atoms with Gasteiger partial charge in [0, 0.05) is 49.5 Å². The van der Waals surface area contributed by atoms with Crippen LogP contribution >= 0.6 is 11.8 Å². The molecule has 2 aromatic rings. The Bertz CT molecular complexity index is 1330. The summed E-state index contributed by atoms with van der Waals surface area (Å²) in [6.07, 6.45) is 4.52. The molecule has 1 saturated heterocycles. The molecule has 2 amide bonds. The van der Waals surface area contributed by atoms with Crippen LogP contribution in [-0.2, 0) is 27.2 Å². The summed E-state index contributed by atoms with van der Waals surface area (Å²) in [6, 6.07) is 7.68. The first-order chi connectivity index (χ1) is 18.0. The number of Topliss-reactive ketones (excluding diaryl/α,β-unsaturated/α-hetero) is 1. The van der Waals surface area contributed by atoms with Gasteiger partial charge in [0.25, 0.3) is 0 Å². The molecule has 11 heteroatoms. The number of ketones is 1. The van der Waals surface area contributed by atoms with E-state index < -0.39 is 6.09 Å². The average Bonchev–Trinajstić information content (AvgIpc) is 3.24. The van der Waals surface area contributed by atoms with Crippen LogP contribution in [0.1, 0.15) is 42.6 Å². The summed E-state index contributed by atoms with van der Waals surface area (Å²) in [5.74, 6) is 1.19. The first-order valence-electron chi connectivity index (χ1n) is 12.6. The highest BCUT2D eigenvalue weighted by Gasteiger charge is 2.46. The molecule has 1 N–H and O–H groups in total. The lowest BCUT2D eigenvalue weighted by atomic mass is 9.88. The molecule has 0 radical (unpaired) electrons. The number of rotatable bonds is 5. The van der Waals surface area contributed by atoms with E-state index in [-0.39, 0.29) is 29.9 Å². The van der Waals surface area contributed by atoms with Gasteiger partial charge in [0.05, 0.1) is 40.9 Å². The summed E-state index contributed by atoms with van der Waals surface area (Å²) in [4.78, 5) is 50.6. The minimum atomic E-state index is -0.394. The third-order valence-corrected chi connectivity index (χ3v) is 8.62. The van der Waals surface area contributed by atoms with Crippen molar-refractivity contribution in [3.63, 3.8) is 0 Å². The van der Waals surface area contributed by atoms with Crippen LogP contribution in [0.4, 0.5) is 16.3 Å². The molecule has 4 aliphatic rings. The van der Waals surface area contributed by atoms with Crippen LogP contribution in [0.2, 0.25) is 0 Å². The molecule has 0 unspecified atom stereocenters. The number of anilines is 2. The van der Waals surface area contributed by atoms with E-state index in [1.165, 1.54) is 11.8 Å². The second kappa shape index (κ2) is 9.76. The fourth-order valence-corrected chi connectivity index (χ4v) is 6.53. The fraction of sp³-hybridized carbons (Fsp3) is 0.462. The fourth-order valence-electron chi connectivity index (χ4n) is 5.66. The number of hydrogen-bond acceptors (Lipinski definition) is 9. The van der Waals surface area contributed by atoms with E-state index in [0.29, 0.717) is 55.9 Å². The molecule has 1 saturated carbocycles. The van der Waals surface area contributed by atoms with Crippen molar-refractivity contribution >= 4 is 41.1 Å². The average molecular weight is 519 g/mol. The van der Waals surface area contributed by atoms with Crippen molar-refractivity contribution in [1.82, 2.24) is 15.3 Å². The number of nitrogens with zero attached hydrogens (tertiary/aromatic N) is 5. The molecular weight excluding hydrogens is 492 g/mol. The molecule has 2 aromatic heterocycles. The molecule has 0 bridgehead atoms. The maximum Gasteiger partial charge on any atom is 0.416 e. The zero-order valence-electron chi connectivity index (χ0n) is 20.2. The molecule has 3 atom stereocenters. The molecule has 1 aliphatic carbocycles. The minimum Gasteiger partial charge on any atom is -0.444 e. The highest BCUT2D eigenvalue weighted by molar-refractivity contribution is 8.00. The minimum absolute atomic E-state index is 0.0351.